The molecule has 0 saturated carbocycles. The highest BCUT2D eigenvalue weighted by Gasteiger charge is 2.21. The van der Waals surface area contributed by atoms with Crippen molar-refractivity contribution in [3.63, 3.8) is 0 Å². The molecule has 190 valence electrons. The molecule has 3 rings (SSSR count). The minimum atomic E-state index is 0.365. The van der Waals surface area contributed by atoms with Gasteiger partial charge in [-0.25, -0.2) is 4.98 Å². The van der Waals surface area contributed by atoms with Crippen LogP contribution in [0.15, 0.2) is 30.3 Å². The molecule has 0 N–H and O–H groups in total. The van der Waals surface area contributed by atoms with Crippen molar-refractivity contribution in [2.45, 2.75) is 65.2 Å². The van der Waals surface area contributed by atoms with Crippen molar-refractivity contribution in [2.75, 3.05) is 28.4 Å². The number of fused-ring (bicyclic) bond motifs is 1. The smallest absolute Gasteiger partial charge is 0.217 e. The summed E-state index contributed by atoms with van der Waals surface area (Å²) >= 11 is 0. The SMILES string of the molecule is CCCCCc1cc(OC)cc(OC)c1Oc1cc(OC)cc2cc(C(CC)CC)c(OC)nc12. The Morgan fingerprint density at radius 2 is 1.43 bits per heavy atom. The third kappa shape index (κ3) is 5.92. The molecule has 0 atom stereocenters. The Hall–Kier alpha value is -3.15. The van der Waals surface area contributed by atoms with E-state index in [1.807, 2.05) is 24.3 Å². The number of aromatic nitrogens is 1. The minimum absolute atomic E-state index is 0.365. The first-order valence-electron chi connectivity index (χ1n) is 12.5. The van der Waals surface area contributed by atoms with Crippen molar-refractivity contribution >= 4 is 10.9 Å². The van der Waals surface area contributed by atoms with Crippen LogP contribution in [0.1, 0.15) is 69.9 Å². The van der Waals surface area contributed by atoms with E-state index >= 15 is 0 Å². The van der Waals surface area contributed by atoms with Gasteiger partial charge in [-0.3, -0.25) is 0 Å². The molecule has 1 aromatic heterocycles. The molecule has 0 radical (unpaired) electrons. The van der Waals surface area contributed by atoms with Gasteiger partial charge in [0.25, 0.3) is 0 Å². The van der Waals surface area contributed by atoms with Crippen LogP contribution in [-0.2, 0) is 6.42 Å². The fourth-order valence-electron chi connectivity index (χ4n) is 4.49. The third-order valence-corrected chi connectivity index (χ3v) is 6.53. The first kappa shape index (κ1) is 26.5. The third-order valence-electron chi connectivity index (χ3n) is 6.53. The molecule has 0 amide bonds. The van der Waals surface area contributed by atoms with Gasteiger partial charge in [-0.15, -0.1) is 0 Å². The molecule has 3 aromatic rings. The molecular formula is C29H39NO5. The monoisotopic (exact) mass is 481 g/mol. The fraction of sp³-hybridized carbons (Fsp3) is 0.483. The summed E-state index contributed by atoms with van der Waals surface area (Å²) in [7, 11) is 6.63. The summed E-state index contributed by atoms with van der Waals surface area (Å²) in [6.45, 7) is 6.57. The zero-order valence-corrected chi connectivity index (χ0v) is 22.2. The van der Waals surface area contributed by atoms with Crippen molar-refractivity contribution in [3.8, 4) is 34.6 Å². The normalized spacial score (nSPS) is 11.1. The van der Waals surface area contributed by atoms with Crippen molar-refractivity contribution < 1.29 is 23.7 Å². The minimum Gasteiger partial charge on any atom is -0.497 e. The van der Waals surface area contributed by atoms with E-state index in [4.69, 9.17) is 28.7 Å². The van der Waals surface area contributed by atoms with Crippen LogP contribution in [0, 0.1) is 0 Å². The summed E-state index contributed by atoms with van der Waals surface area (Å²) in [5, 5.41) is 0.946. The van der Waals surface area contributed by atoms with Gasteiger partial charge in [0, 0.05) is 28.6 Å². The van der Waals surface area contributed by atoms with Gasteiger partial charge in [0.2, 0.25) is 5.88 Å². The number of hydrogen-bond donors (Lipinski definition) is 0. The highest BCUT2D eigenvalue weighted by atomic mass is 16.5. The molecule has 0 bridgehead atoms. The summed E-state index contributed by atoms with van der Waals surface area (Å²) in [5.74, 6) is 4.32. The van der Waals surface area contributed by atoms with Gasteiger partial charge in [0.15, 0.2) is 17.2 Å². The molecule has 0 unspecified atom stereocenters. The van der Waals surface area contributed by atoms with E-state index in [2.05, 4.69) is 26.8 Å². The lowest BCUT2D eigenvalue weighted by Gasteiger charge is -2.20. The van der Waals surface area contributed by atoms with Crippen LogP contribution in [0.2, 0.25) is 0 Å². The van der Waals surface area contributed by atoms with E-state index < -0.39 is 0 Å². The number of rotatable bonds is 13. The van der Waals surface area contributed by atoms with Crippen LogP contribution >= 0.6 is 0 Å². The van der Waals surface area contributed by atoms with Gasteiger partial charge >= 0.3 is 0 Å². The predicted octanol–water partition coefficient (Wildman–Crippen LogP) is 7.70. The van der Waals surface area contributed by atoms with E-state index in [1.54, 1.807) is 28.4 Å². The van der Waals surface area contributed by atoms with Gasteiger partial charge < -0.3 is 23.7 Å². The maximum Gasteiger partial charge on any atom is 0.217 e. The fourth-order valence-corrected chi connectivity index (χ4v) is 4.49. The van der Waals surface area contributed by atoms with Crippen molar-refractivity contribution in [1.29, 1.82) is 0 Å². The summed E-state index contributed by atoms with van der Waals surface area (Å²) in [5.41, 5.74) is 2.85. The van der Waals surface area contributed by atoms with Gasteiger partial charge in [-0.2, -0.15) is 0 Å². The number of unbranched alkanes of at least 4 members (excludes halogenated alkanes) is 2. The highest BCUT2D eigenvalue weighted by molar-refractivity contribution is 5.88. The Bertz CT molecular complexity index is 1120. The second-order valence-electron chi connectivity index (χ2n) is 8.67. The average Bonchev–Trinajstić information content (AvgIpc) is 2.89. The van der Waals surface area contributed by atoms with Gasteiger partial charge in [-0.05, 0) is 49.8 Å². The van der Waals surface area contributed by atoms with Crippen LogP contribution in [0.3, 0.4) is 0 Å². The number of pyridine rings is 1. The molecule has 0 spiro atoms. The lowest BCUT2D eigenvalue weighted by atomic mass is 9.93. The second-order valence-corrected chi connectivity index (χ2v) is 8.67. The lowest BCUT2D eigenvalue weighted by molar-refractivity contribution is 0.364. The Morgan fingerprint density at radius 1 is 0.743 bits per heavy atom. The molecular weight excluding hydrogens is 442 g/mol. The molecule has 0 saturated heterocycles. The number of aryl methyl sites for hydroxylation is 1. The number of benzene rings is 2. The zero-order valence-electron chi connectivity index (χ0n) is 22.2. The van der Waals surface area contributed by atoms with Crippen molar-refractivity contribution in [2.24, 2.45) is 0 Å². The summed E-state index contributed by atoms with van der Waals surface area (Å²) in [6.07, 6.45) is 6.20. The van der Waals surface area contributed by atoms with Crippen LogP contribution in [0.4, 0.5) is 0 Å². The Morgan fingerprint density at radius 3 is 2.03 bits per heavy atom. The first-order chi connectivity index (χ1) is 17.0. The molecule has 6 nitrogen and oxygen atoms in total. The molecule has 0 aliphatic rings. The maximum absolute atomic E-state index is 6.59. The highest BCUT2D eigenvalue weighted by Crippen LogP contribution is 2.43. The molecule has 35 heavy (non-hydrogen) atoms. The van der Waals surface area contributed by atoms with Crippen molar-refractivity contribution in [3.05, 3.63) is 41.5 Å². The van der Waals surface area contributed by atoms with E-state index in [9.17, 15) is 0 Å². The topological polar surface area (TPSA) is 59.0 Å². The van der Waals surface area contributed by atoms with E-state index in [-0.39, 0.29) is 0 Å². The number of ether oxygens (including phenoxy) is 5. The van der Waals surface area contributed by atoms with E-state index in [1.165, 1.54) is 0 Å². The van der Waals surface area contributed by atoms with Crippen LogP contribution in [0.25, 0.3) is 10.9 Å². The Labute approximate surface area is 209 Å². The van der Waals surface area contributed by atoms with Gasteiger partial charge in [-0.1, -0.05) is 33.6 Å². The Kier molecular flexibility index (Phi) is 9.47. The van der Waals surface area contributed by atoms with Crippen LogP contribution in [-0.4, -0.2) is 33.4 Å². The largest absolute Gasteiger partial charge is 0.497 e. The molecule has 6 heteroatoms. The maximum atomic E-state index is 6.59. The van der Waals surface area contributed by atoms with E-state index in [0.717, 1.165) is 66.3 Å². The zero-order chi connectivity index (χ0) is 25.4. The van der Waals surface area contributed by atoms with Gasteiger partial charge in [0.1, 0.15) is 17.0 Å². The van der Waals surface area contributed by atoms with Crippen LogP contribution in [0.5, 0.6) is 34.6 Å². The Balaban J connectivity index is 2.19. The summed E-state index contributed by atoms with van der Waals surface area (Å²) in [6, 6.07) is 9.88. The average molecular weight is 482 g/mol. The lowest BCUT2D eigenvalue weighted by Crippen LogP contribution is -2.03. The molecule has 0 fully saturated rings. The summed E-state index contributed by atoms with van der Waals surface area (Å²) in [4.78, 5) is 4.91. The summed E-state index contributed by atoms with van der Waals surface area (Å²) < 4.78 is 29.2. The molecule has 1 heterocycles. The molecule has 2 aromatic carbocycles. The number of methoxy groups -OCH3 is 4. The second kappa shape index (κ2) is 12.5. The quantitative estimate of drug-likeness (QED) is 0.233. The van der Waals surface area contributed by atoms with Crippen molar-refractivity contribution in [1.82, 2.24) is 4.98 Å². The van der Waals surface area contributed by atoms with Crippen LogP contribution < -0.4 is 23.7 Å². The molecule has 0 aliphatic carbocycles. The van der Waals surface area contributed by atoms with Gasteiger partial charge in [0.05, 0.1) is 28.4 Å². The number of hydrogen-bond acceptors (Lipinski definition) is 6. The molecule has 0 aliphatic heterocycles. The first-order valence-corrected chi connectivity index (χ1v) is 12.5. The van der Waals surface area contributed by atoms with E-state index in [0.29, 0.717) is 34.8 Å². The standard InChI is InChI=1S/C29H39NO5/c1-8-11-12-13-20-14-22(31-4)18-26(33-6)28(20)35-25-17-23(32-5)15-21-16-24(19(9-2)10-3)29(34-7)30-27(21)25/h14-19H,8-13H2,1-7H3. The number of nitrogens with zero attached hydrogens (tertiary/aromatic N) is 1. The predicted molar refractivity (Wildman–Crippen MR) is 141 cm³/mol.